The maximum Gasteiger partial charge on any atom is 0.494 e. The molecule has 1 aromatic carbocycles. The summed E-state index contributed by atoms with van der Waals surface area (Å²) in [4.78, 5) is 2.57. The molecule has 2 heterocycles. The summed E-state index contributed by atoms with van der Waals surface area (Å²) in [7, 11) is -4.00. The van der Waals surface area contributed by atoms with Crippen molar-refractivity contribution >= 4 is 28.1 Å². The summed E-state index contributed by atoms with van der Waals surface area (Å²) in [5.41, 5.74) is 0.365. The first-order chi connectivity index (χ1) is 13.0. The quantitative estimate of drug-likeness (QED) is 0.708. The summed E-state index contributed by atoms with van der Waals surface area (Å²) >= 11 is 0. The molecule has 2 saturated heterocycles. The molecule has 0 unspecified atom stereocenters. The van der Waals surface area contributed by atoms with E-state index in [0.717, 1.165) is 32.8 Å². The lowest BCUT2D eigenvalue weighted by molar-refractivity contribution is 0.00578. The molecular formula is C19H33BN2O5S. The van der Waals surface area contributed by atoms with Crippen LogP contribution >= 0.6 is 0 Å². The molecule has 0 atom stereocenters. The number of hydrogen-bond acceptors (Lipinski definition) is 7. The Hall–Kier alpha value is -1.13. The Balaban J connectivity index is 0.00000300. The van der Waals surface area contributed by atoms with Crippen molar-refractivity contribution in [1.29, 1.82) is 0 Å². The minimum atomic E-state index is -3.41. The third-order valence-electron chi connectivity index (χ3n) is 5.78. The van der Waals surface area contributed by atoms with Gasteiger partial charge in [0, 0.05) is 33.9 Å². The number of benzene rings is 1. The molecule has 1 N–H and O–H groups in total. The Labute approximate surface area is 170 Å². The minimum Gasteiger partial charge on any atom is -0.399 e. The van der Waals surface area contributed by atoms with E-state index in [-0.39, 0.29) is 6.32 Å². The fourth-order valence-corrected chi connectivity index (χ4v) is 4.18. The highest BCUT2D eigenvalue weighted by molar-refractivity contribution is 7.90. The van der Waals surface area contributed by atoms with Crippen molar-refractivity contribution in [2.75, 3.05) is 51.0 Å². The van der Waals surface area contributed by atoms with Gasteiger partial charge >= 0.3 is 7.12 Å². The van der Waals surface area contributed by atoms with Gasteiger partial charge in [-0.1, -0.05) is 6.07 Å². The zero-order valence-corrected chi connectivity index (χ0v) is 18.3. The lowest BCUT2D eigenvalue weighted by atomic mass is 9.79. The molecule has 9 heteroatoms. The zero-order chi connectivity index (χ0) is 20.6. The highest BCUT2D eigenvalue weighted by atomic mass is 32.2. The van der Waals surface area contributed by atoms with E-state index in [1.807, 2.05) is 33.8 Å². The standard InChI is InChI=1S/C19H31BN2O5S.H2/c1-18(2)19(3,4)27-20(26-18)15-6-7-16(17(14-15)28(5,23)24)21-8-9-22-10-12-25-13-11-22;/h6-7,14,21H,8-13H2,1-5H3;1H. The van der Waals surface area contributed by atoms with Crippen LogP contribution in [-0.4, -0.2) is 77.3 Å². The van der Waals surface area contributed by atoms with Crippen molar-refractivity contribution in [2.24, 2.45) is 0 Å². The molecular weight excluding hydrogens is 379 g/mol. The maximum atomic E-state index is 12.4. The van der Waals surface area contributed by atoms with Crippen molar-refractivity contribution in [3.05, 3.63) is 18.2 Å². The average molecular weight is 412 g/mol. The molecule has 0 amide bonds. The Morgan fingerprint density at radius 3 is 2.32 bits per heavy atom. The second-order valence-electron chi connectivity index (χ2n) is 8.50. The number of rotatable bonds is 6. The van der Waals surface area contributed by atoms with Crippen molar-refractivity contribution in [1.82, 2.24) is 4.90 Å². The van der Waals surface area contributed by atoms with E-state index in [9.17, 15) is 8.42 Å². The van der Waals surface area contributed by atoms with Crippen molar-refractivity contribution in [2.45, 2.75) is 43.8 Å². The number of hydrogen-bond donors (Lipinski definition) is 1. The fraction of sp³-hybridized carbons (Fsp3) is 0.684. The second kappa shape index (κ2) is 7.95. The van der Waals surface area contributed by atoms with Gasteiger partial charge in [-0.15, -0.1) is 0 Å². The van der Waals surface area contributed by atoms with E-state index in [1.54, 1.807) is 12.1 Å². The van der Waals surface area contributed by atoms with Crippen LogP contribution < -0.4 is 10.8 Å². The molecule has 2 fully saturated rings. The summed E-state index contributed by atoms with van der Waals surface area (Å²) in [6, 6.07) is 5.33. The molecule has 3 rings (SSSR count). The van der Waals surface area contributed by atoms with Crippen LogP contribution in [0.15, 0.2) is 23.1 Å². The van der Waals surface area contributed by atoms with Crippen LogP contribution in [0.1, 0.15) is 29.1 Å². The number of sulfone groups is 1. The summed E-state index contributed by atoms with van der Waals surface area (Å²) in [5.74, 6) is 0. The normalized spacial score (nSPS) is 22.4. The van der Waals surface area contributed by atoms with Crippen LogP contribution in [-0.2, 0) is 23.9 Å². The van der Waals surface area contributed by atoms with Gasteiger partial charge in [-0.2, -0.15) is 0 Å². The lowest BCUT2D eigenvalue weighted by Gasteiger charge is -2.32. The van der Waals surface area contributed by atoms with E-state index in [0.29, 0.717) is 17.7 Å². The Bertz CT molecular complexity index is 797. The first-order valence-corrected chi connectivity index (χ1v) is 11.6. The SMILES string of the molecule is CC1(C)OB(c2ccc(NCCN3CCOCC3)c(S(C)(=O)=O)c2)OC1(C)C.[HH]. The third-order valence-corrected chi connectivity index (χ3v) is 6.91. The molecule has 0 aromatic heterocycles. The first kappa shape index (κ1) is 21.6. The largest absolute Gasteiger partial charge is 0.494 e. The highest BCUT2D eigenvalue weighted by Crippen LogP contribution is 2.36. The van der Waals surface area contributed by atoms with Crippen LogP contribution in [0.2, 0.25) is 0 Å². The molecule has 1 aromatic rings. The molecule has 0 aliphatic carbocycles. The summed E-state index contributed by atoms with van der Waals surface area (Å²) < 4.78 is 42.3. The lowest BCUT2D eigenvalue weighted by Crippen LogP contribution is -2.41. The van der Waals surface area contributed by atoms with Gasteiger partial charge in [-0.25, -0.2) is 8.42 Å². The maximum absolute atomic E-state index is 12.4. The van der Waals surface area contributed by atoms with Gasteiger partial charge in [0.15, 0.2) is 9.84 Å². The molecule has 2 aliphatic heterocycles. The second-order valence-corrected chi connectivity index (χ2v) is 10.5. The number of ether oxygens (including phenoxy) is 1. The summed E-state index contributed by atoms with van der Waals surface area (Å²) in [5, 5.41) is 3.27. The molecule has 28 heavy (non-hydrogen) atoms. The highest BCUT2D eigenvalue weighted by Gasteiger charge is 2.51. The van der Waals surface area contributed by atoms with E-state index >= 15 is 0 Å². The van der Waals surface area contributed by atoms with Crippen LogP contribution in [0.4, 0.5) is 5.69 Å². The van der Waals surface area contributed by atoms with Gasteiger partial charge in [0.05, 0.1) is 35.0 Å². The van der Waals surface area contributed by atoms with Crippen LogP contribution in [0.5, 0.6) is 0 Å². The Morgan fingerprint density at radius 2 is 1.75 bits per heavy atom. The predicted molar refractivity (Wildman–Crippen MR) is 113 cm³/mol. The number of morpholine rings is 1. The Kier molecular flexibility index (Phi) is 6.13. The van der Waals surface area contributed by atoms with Gasteiger partial charge in [0.25, 0.3) is 0 Å². The molecule has 0 bridgehead atoms. The third kappa shape index (κ3) is 4.71. The van der Waals surface area contributed by atoms with E-state index in [2.05, 4.69) is 10.2 Å². The van der Waals surface area contributed by atoms with Crippen molar-refractivity contribution in [3.63, 3.8) is 0 Å². The van der Waals surface area contributed by atoms with Crippen LogP contribution in [0, 0.1) is 0 Å². The minimum absolute atomic E-state index is 0. The van der Waals surface area contributed by atoms with E-state index < -0.39 is 28.2 Å². The topological polar surface area (TPSA) is 77.1 Å². The van der Waals surface area contributed by atoms with Crippen LogP contribution in [0.25, 0.3) is 0 Å². The molecule has 158 valence electrons. The zero-order valence-electron chi connectivity index (χ0n) is 17.4. The van der Waals surface area contributed by atoms with E-state index in [4.69, 9.17) is 14.0 Å². The van der Waals surface area contributed by atoms with Crippen molar-refractivity contribution < 1.29 is 23.9 Å². The number of nitrogens with one attached hydrogen (secondary N) is 1. The fourth-order valence-electron chi connectivity index (χ4n) is 3.29. The average Bonchev–Trinajstić information content (AvgIpc) is 2.83. The molecule has 7 nitrogen and oxygen atoms in total. The smallest absolute Gasteiger partial charge is 0.399 e. The monoisotopic (exact) mass is 412 g/mol. The number of anilines is 1. The molecule has 0 spiro atoms. The first-order valence-electron chi connectivity index (χ1n) is 9.73. The Morgan fingerprint density at radius 1 is 1.14 bits per heavy atom. The summed E-state index contributed by atoms with van der Waals surface area (Å²) in [6.07, 6.45) is 1.23. The van der Waals surface area contributed by atoms with Crippen molar-refractivity contribution in [3.8, 4) is 0 Å². The molecule has 0 radical (unpaired) electrons. The van der Waals surface area contributed by atoms with Gasteiger partial charge in [-0.3, -0.25) is 4.90 Å². The predicted octanol–water partition coefficient (Wildman–Crippen LogP) is 1.38. The summed E-state index contributed by atoms with van der Waals surface area (Å²) in [6.45, 7) is 12.7. The molecule has 2 aliphatic rings. The number of nitrogens with zero attached hydrogens (tertiary/aromatic N) is 1. The van der Waals surface area contributed by atoms with Gasteiger partial charge in [0.2, 0.25) is 0 Å². The molecule has 0 saturated carbocycles. The van der Waals surface area contributed by atoms with Crippen LogP contribution in [0.3, 0.4) is 0 Å². The van der Waals surface area contributed by atoms with Gasteiger partial charge in [0.1, 0.15) is 0 Å². The van der Waals surface area contributed by atoms with E-state index in [1.165, 1.54) is 6.26 Å². The van der Waals surface area contributed by atoms with Gasteiger partial charge in [-0.05, 0) is 45.3 Å². The van der Waals surface area contributed by atoms with Gasteiger partial charge < -0.3 is 19.4 Å².